The van der Waals surface area contributed by atoms with E-state index in [0.717, 1.165) is 11.6 Å². The zero-order valence-corrected chi connectivity index (χ0v) is 20.0. The minimum Gasteiger partial charge on any atom is -0.549 e. The topological polar surface area (TPSA) is 84.9 Å². The molecule has 0 saturated carbocycles. The number of benzene rings is 4. The van der Waals surface area contributed by atoms with Crippen molar-refractivity contribution in [1.29, 1.82) is 0 Å². The first-order valence-corrected chi connectivity index (χ1v) is 11.5. The average molecular weight is 500 g/mol. The Morgan fingerprint density at radius 3 is 1.89 bits per heavy atom. The lowest BCUT2D eigenvalue weighted by atomic mass is 9.97. The Kier molecular flexibility index (Phi) is 8.15. The summed E-state index contributed by atoms with van der Waals surface area (Å²) in [5.41, 5.74) is 1.74. The Morgan fingerprint density at radius 2 is 1.38 bits per heavy atom. The summed E-state index contributed by atoms with van der Waals surface area (Å²) in [5.74, 6) is -4.92. The summed E-state index contributed by atoms with van der Waals surface area (Å²) in [7, 11) is 1.56. The Bertz CT molecular complexity index is 1300. The number of halogens is 1. The van der Waals surface area contributed by atoms with E-state index < -0.39 is 29.8 Å². The minimum absolute atomic E-state index is 0.157. The number of rotatable bonds is 10. The highest BCUT2D eigenvalue weighted by Crippen LogP contribution is 2.31. The molecule has 0 aliphatic heterocycles. The molecule has 7 heteroatoms. The normalized spacial score (nSPS) is 11.5. The molecule has 0 bridgehead atoms. The third kappa shape index (κ3) is 6.32. The summed E-state index contributed by atoms with van der Waals surface area (Å²) in [5, 5.41) is 12.0. The van der Waals surface area contributed by atoms with Gasteiger partial charge in [0.25, 0.3) is 0 Å². The highest BCUT2D eigenvalue weighted by Gasteiger charge is 2.30. The molecule has 0 N–H and O–H groups in total. The molecule has 0 fully saturated rings. The molecule has 0 spiro atoms. The van der Waals surface area contributed by atoms with E-state index in [2.05, 4.69) is 0 Å². The lowest BCUT2D eigenvalue weighted by Crippen LogP contribution is -2.36. The quantitative estimate of drug-likeness (QED) is 0.235. The van der Waals surface area contributed by atoms with E-state index in [1.54, 1.807) is 67.8 Å². The molecule has 0 aliphatic rings. The molecule has 188 valence electrons. The van der Waals surface area contributed by atoms with Gasteiger partial charge in [-0.05, 0) is 34.9 Å². The highest BCUT2D eigenvalue weighted by molar-refractivity contribution is 5.99. The van der Waals surface area contributed by atoms with E-state index in [-0.39, 0.29) is 17.9 Å². The van der Waals surface area contributed by atoms with Crippen LogP contribution < -0.4 is 14.6 Å². The SMILES string of the molecule is COc1ccc(COc2ccc(C(C(=O)[O-])C(=O)OC(c3ccccc3)c3ccccc3)c(F)c2)cc1. The summed E-state index contributed by atoms with van der Waals surface area (Å²) < 4.78 is 31.4. The Labute approximate surface area is 213 Å². The minimum atomic E-state index is -1.97. The van der Waals surface area contributed by atoms with Crippen molar-refractivity contribution >= 4 is 11.9 Å². The summed E-state index contributed by atoms with van der Waals surface area (Å²) in [6.45, 7) is 0.157. The number of aliphatic carboxylic acids is 1. The van der Waals surface area contributed by atoms with Gasteiger partial charge in [-0.2, -0.15) is 0 Å². The van der Waals surface area contributed by atoms with Crippen LogP contribution in [0, 0.1) is 5.82 Å². The van der Waals surface area contributed by atoms with Gasteiger partial charge in [0.2, 0.25) is 0 Å². The van der Waals surface area contributed by atoms with Crippen LogP contribution in [0.3, 0.4) is 0 Å². The van der Waals surface area contributed by atoms with Crippen LogP contribution in [0.5, 0.6) is 11.5 Å². The fraction of sp³-hybridized carbons (Fsp3) is 0.133. The third-order valence-electron chi connectivity index (χ3n) is 5.76. The summed E-state index contributed by atoms with van der Waals surface area (Å²) in [6.07, 6.45) is -0.882. The standard InChI is InChI=1S/C30H25FO6/c1-35-23-14-12-20(13-15-23)19-36-24-16-17-25(26(31)18-24)27(29(32)33)30(34)37-28(21-8-4-2-5-9-21)22-10-6-3-7-11-22/h2-18,27-28H,19H2,1H3,(H,32,33)/p-1. The second-order valence-electron chi connectivity index (χ2n) is 8.21. The van der Waals surface area contributed by atoms with Crippen molar-refractivity contribution in [3.8, 4) is 11.5 Å². The molecule has 37 heavy (non-hydrogen) atoms. The molecule has 0 aromatic heterocycles. The highest BCUT2D eigenvalue weighted by atomic mass is 19.1. The third-order valence-corrected chi connectivity index (χ3v) is 5.76. The van der Waals surface area contributed by atoms with Crippen LogP contribution >= 0.6 is 0 Å². The smallest absolute Gasteiger partial charge is 0.320 e. The molecule has 0 heterocycles. The van der Waals surface area contributed by atoms with Crippen molar-refractivity contribution in [1.82, 2.24) is 0 Å². The zero-order chi connectivity index (χ0) is 26.2. The van der Waals surface area contributed by atoms with Gasteiger partial charge >= 0.3 is 5.97 Å². The van der Waals surface area contributed by atoms with E-state index in [1.807, 2.05) is 24.3 Å². The van der Waals surface area contributed by atoms with E-state index in [4.69, 9.17) is 14.2 Å². The number of carbonyl (C=O) groups excluding carboxylic acids is 2. The Hall–Kier alpha value is -4.65. The van der Waals surface area contributed by atoms with Gasteiger partial charge in [-0.3, -0.25) is 4.79 Å². The molecule has 6 nitrogen and oxygen atoms in total. The maximum atomic E-state index is 15.0. The monoisotopic (exact) mass is 499 g/mol. The molecule has 0 aliphatic carbocycles. The molecule has 1 unspecified atom stereocenters. The van der Waals surface area contributed by atoms with Crippen molar-refractivity contribution in [2.45, 2.75) is 18.6 Å². The van der Waals surface area contributed by atoms with Crippen LogP contribution in [0.2, 0.25) is 0 Å². The fourth-order valence-corrected chi connectivity index (χ4v) is 3.84. The van der Waals surface area contributed by atoms with E-state index >= 15 is 4.39 Å². The first-order valence-electron chi connectivity index (χ1n) is 11.5. The Balaban J connectivity index is 1.53. The van der Waals surface area contributed by atoms with Crippen LogP contribution in [0.15, 0.2) is 103 Å². The molecule has 0 saturated heterocycles. The predicted octanol–water partition coefficient (Wildman–Crippen LogP) is 4.58. The number of methoxy groups -OCH3 is 1. The van der Waals surface area contributed by atoms with Gasteiger partial charge in [0.15, 0.2) is 6.10 Å². The van der Waals surface area contributed by atoms with Gasteiger partial charge < -0.3 is 24.1 Å². The van der Waals surface area contributed by atoms with Gasteiger partial charge in [-0.25, -0.2) is 4.39 Å². The lowest BCUT2D eigenvalue weighted by molar-refractivity contribution is -0.307. The average Bonchev–Trinajstić information content (AvgIpc) is 2.93. The summed E-state index contributed by atoms with van der Waals surface area (Å²) in [4.78, 5) is 25.1. The molecule has 0 radical (unpaired) electrons. The molecule has 1 atom stereocenters. The van der Waals surface area contributed by atoms with Gasteiger partial charge in [0.1, 0.15) is 29.8 Å². The van der Waals surface area contributed by atoms with Gasteiger partial charge in [-0.15, -0.1) is 0 Å². The first-order chi connectivity index (χ1) is 18.0. The maximum absolute atomic E-state index is 15.0. The van der Waals surface area contributed by atoms with Crippen molar-refractivity contribution in [2.24, 2.45) is 0 Å². The van der Waals surface area contributed by atoms with Crippen molar-refractivity contribution in [3.05, 3.63) is 131 Å². The van der Waals surface area contributed by atoms with Crippen LogP contribution in [-0.4, -0.2) is 19.0 Å². The molecule has 4 aromatic rings. The summed E-state index contributed by atoms with van der Waals surface area (Å²) >= 11 is 0. The van der Waals surface area contributed by atoms with Gasteiger partial charge in [0.05, 0.1) is 13.1 Å². The number of hydrogen-bond acceptors (Lipinski definition) is 6. The van der Waals surface area contributed by atoms with Crippen molar-refractivity contribution in [3.63, 3.8) is 0 Å². The van der Waals surface area contributed by atoms with Gasteiger partial charge in [-0.1, -0.05) is 78.9 Å². The number of esters is 1. The number of carboxylic acids is 1. The first kappa shape index (κ1) is 25.4. The van der Waals surface area contributed by atoms with Gasteiger partial charge in [0, 0.05) is 11.6 Å². The zero-order valence-electron chi connectivity index (χ0n) is 20.0. The molecule has 4 rings (SSSR count). The number of carbonyl (C=O) groups is 2. The second kappa shape index (κ2) is 11.9. The largest absolute Gasteiger partial charge is 0.549 e. The maximum Gasteiger partial charge on any atom is 0.320 e. The van der Waals surface area contributed by atoms with E-state index in [1.165, 1.54) is 12.1 Å². The molecular formula is C30H24FO6-. The molecule has 4 aromatic carbocycles. The van der Waals surface area contributed by atoms with E-state index in [9.17, 15) is 14.7 Å². The van der Waals surface area contributed by atoms with E-state index in [0.29, 0.717) is 16.9 Å². The molecular weight excluding hydrogens is 475 g/mol. The van der Waals surface area contributed by atoms with Crippen LogP contribution in [-0.2, 0) is 20.9 Å². The number of hydrogen-bond donors (Lipinski definition) is 0. The van der Waals surface area contributed by atoms with Crippen LogP contribution in [0.4, 0.5) is 4.39 Å². The predicted molar refractivity (Wildman–Crippen MR) is 132 cm³/mol. The lowest BCUT2D eigenvalue weighted by Gasteiger charge is -2.24. The van der Waals surface area contributed by atoms with Crippen LogP contribution in [0.1, 0.15) is 34.3 Å². The fourth-order valence-electron chi connectivity index (χ4n) is 3.84. The number of ether oxygens (including phenoxy) is 3. The number of carboxylic acid groups (broad SMARTS) is 1. The summed E-state index contributed by atoms with van der Waals surface area (Å²) in [6, 6.07) is 28.6. The van der Waals surface area contributed by atoms with Crippen LogP contribution in [0.25, 0.3) is 0 Å². The van der Waals surface area contributed by atoms with Crippen molar-refractivity contribution in [2.75, 3.05) is 7.11 Å². The molecule has 0 amide bonds. The second-order valence-corrected chi connectivity index (χ2v) is 8.21. The Morgan fingerprint density at radius 1 is 0.811 bits per heavy atom. The van der Waals surface area contributed by atoms with Crippen molar-refractivity contribution < 1.29 is 33.3 Å².